The molecule has 0 atom stereocenters. The van der Waals surface area contributed by atoms with Crippen LogP contribution in [-0.4, -0.2) is 47.0 Å². The summed E-state index contributed by atoms with van der Waals surface area (Å²) in [5.74, 6) is 1.49. The third-order valence-electron chi connectivity index (χ3n) is 5.38. The van der Waals surface area contributed by atoms with E-state index in [1.54, 1.807) is 23.7 Å². The molecule has 5 rings (SSSR count). The van der Waals surface area contributed by atoms with Gasteiger partial charge in [-0.05, 0) is 41.3 Å². The smallest absolute Gasteiger partial charge is 0.255 e. The van der Waals surface area contributed by atoms with Crippen molar-refractivity contribution in [3.63, 3.8) is 0 Å². The minimum atomic E-state index is -0.178. The van der Waals surface area contributed by atoms with Crippen molar-refractivity contribution >= 4 is 34.7 Å². The van der Waals surface area contributed by atoms with Gasteiger partial charge in [0, 0.05) is 42.8 Å². The molecule has 8 heteroatoms. The van der Waals surface area contributed by atoms with E-state index in [9.17, 15) is 4.79 Å². The molecular formula is C24H22N6OS. The van der Waals surface area contributed by atoms with Crippen molar-refractivity contribution < 1.29 is 4.79 Å². The van der Waals surface area contributed by atoms with Gasteiger partial charge in [0.15, 0.2) is 0 Å². The van der Waals surface area contributed by atoms with Crippen LogP contribution in [0.4, 0.5) is 17.5 Å². The van der Waals surface area contributed by atoms with E-state index in [-0.39, 0.29) is 5.91 Å². The van der Waals surface area contributed by atoms with E-state index in [2.05, 4.69) is 36.1 Å². The SMILES string of the molecule is O=C(Nc1cnc(N2CCN(c3ccccn3)CC2)nc1)c1ccc(-c2cccs2)cc1. The van der Waals surface area contributed by atoms with Gasteiger partial charge in [0.2, 0.25) is 5.95 Å². The van der Waals surface area contributed by atoms with E-state index >= 15 is 0 Å². The number of hydrogen-bond acceptors (Lipinski definition) is 7. The van der Waals surface area contributed by atoms with E-state index in [1.807, 2.05) is 60.1 Å². The van der Waals surface area contributed by atoms with E-state index in [4.69, 9.17) is 0 Å². The van der Waals surface area contributed by atoms with Crippen molar-refractivity contribution in [3.8, 4) is 10.4 Å². The molecule has 1 saturated heterocycles. The molecule has 1 amide bonds. The summed E-state index contributed by atoms with van der Waals surface area (Å²) in [6, 6.07) is 17.6. The molecule has 0 radical (unpaired) electrons. The van der Waals surface area contributed by atoms with Crippen molar-refractivity contribution in [1.29, 1.82) is 0 Å². The lowest BCUT2D eigenvalue weighted by Gasteiger charge is -2.35. The number of hydrogen-bond donors (Lipinski definition) is 1. The molecule has 1 fully saturated rings. The largest absolute Gasteiger partial charge is 0.353 e. The minimum Gasteiger partial charge on any atom is -0.353 e. The van der Waals surface area contributed by atoms with Crippen molar-refractivity contribution in [2.75, 3.05) is 41.3 Å². The van der Waals surface area contributed by atoms with Gasteiger partial charge in [-0.3, -0.25) is 4.79 Å². The quantitative estimate of drug-likeness (QED) is 0.500. The number of thiophene rings is 1. The Morgan fingerprint density at radius 3 is 2.25 bits per heavy atom. The molecule has 1 aromatic carbocycles. The highest BCUT2D eigenvalue weighted by molar-refractivity contribution is 7.13. The number of nitrogens with one attached hydrogen (secondary N) is 1. The first-order valence-corrected chi connectivity index (χ1v) is 11.3. The van der Waals surface area contributed by atoms with Crippen LogP contribution in [0.5, 0.6) is 0 Å². The van der Waals surface area contributed by atoms with Gasteiger partial charge in [0.25, 0.3) is 5.91 Å². The molecule has 160 valence electrons. The van der Waals surface area contributed by atoms with E-state index < -0.39 is 0 Å². The second-order valence-electron chi connectivity index (χ2n) is 7.44. The van der Waals surface area contributed by atoms with Gasteiger partial charge in [0.1, 0.15) is 5.82 Å². The zero-order chi connectivity index (χ0) is 21.8. The third-order valence-corrected chi connectivity index (χ3v) is 6.30. The lowest BCUT2D eigenvalue weighted by atomic mass is 10.1. The lowest BCUT2D eigenvalue weighted by molar-refractivity contribution is 0.102. The standard InChI is InChI=1S/C24H22N6OS/c31-23(19-8-6-18(7-9-19)21-4-3-15-32-21)28-20-16-26-24(27-17-20)30-13-11-29(12-14-30)22-5-1-2-10-25-22/h1-10,15-17H,11-14H2,(H,28,31). The van der Waals surface area contributed by atoms with Gasteiger partial charge in [-0.2, -0.15) is 0 Å². The summed E-state index contributed by atoms with van der Waals surface area (Å²) in [5.41, 5.74) is 2.28. The van der Waals surface area contributed by atoms with Crippen LogP contribution < -0.4 is 15.1 Å². The fourth-order valence-electron chi connectivity index (χ4n) is 3.66. The molecule has 0 saturated carbocycles. The Bertz CT molecular complexity index is 1160. The minimum absolute atomic E-state index is 0.178. The van der Waals surface area contributed by atoms with Crippen LogP contribution >= 0.6 is 11.3 Å². The topological polar surface area (TPSA) is 74.2 Å². The Morgan fingerprint density at radius 2 is 1.59 bits per heavy atom. The van der Waals surface area contributed by atoms with Gasteiger partial charge in [0.05, 0.1) is 18.1 Å². The summed E-state index contributed by atoms with van der Waals surface area (Å²) in [7, 11) is 0. The summed E-state index contributed by atoms with van der Waals surface area (Å²) in [6.07, 6.45) is 5.13. The Hall–Kier alpha value is -3.78. The Labute approximate surface area is 190 Å². The number of aromatic nitrogens is 3. The van der Waals surface area contributed by atoms with Crippen LogP contribution in [0.15, 0.2) is 78.6 Å². The third kappa shape index (κ3) is 4.45. The Balaban J connectivity index is 1.18. The predicted molar refractivity (Wildman–Crippen MR) is 128 cm³/mol. The molecule has 4 heterocycles. The van der Waals surface area contributed by atoms with Crippen molar-refractivity contribution in [2.24, 2.45) is 0 Å². The molecule has 32 heavy (non-hydrogen) atoms. The number of rotatable bonds is 5. The number of anilines is 3. The Morgan fingerprint density at radius 1 is 0.844 bits per heavy atom. The summed E-state index contributed by atoms with van der Waals surface area (Å²) in [5, 5.41) is 4.92. The van der Waals surface area contributed by atoms with Gasteiger partial charge in [-0.15, -0.1) is 11.3 Å². The average Bonchev–Trinajstić information content (AvgIpc) is 3.40. The van der Waals surface area contributed by atoms with Gasteiger partial charge in [-0.25, -0.2) is 15.0 Å². The number of amides is 1. The summed E-state index contributed by atoms with van der Waals surface area (Å²) < 4.78 is 0. The van der Waals surface area contributed by atoms with E-state index in [0.717, 1.165) is 37.6 Å². The van der Waals surface area contributed by atoms with Gasteiger partial charge >= 0.3 is 0 Å². The molecule has 1 aliphatic heterocycles. The van der Waals surface area contributed by atoms with E-state index in [0.29, 0.717) is 17.2 Å². The molecule has 0 aliphatic carbocycles. The average molecular weight is 443 g/mol. The number of piperazine rings is 1. The highest BCUT2D eigenvalue weighted by Crippen LogP contribution is 2.25. The molecule has 0 spiro atoms. The summed E-state index contributed by atoms with van der Waals surface area (Å²) in [4.78, 5) is 31.5. The number of carbonyl (C=O) groups excluding carboxylic acids is 1. The van der Waals surface area contributed by atoms with Crippen molar-refractivity contribution in [1.82, 2.24) is 15.0 Å². The fourth-order valence-corrected chi connectivity index (χ4v) is 4.39. The summed E-state index contributed by atoms with van der Waals surface area (Å²) in [6.45, 7) is 3.36. The highest BCUT2D eigenvalue weighted by Gasteiger charge is 2.20. The van der Waals surface area contributed by atoms with Crippen LogP contribution in [0.2, 0.25) is 0 Å². The normalized spacial score (nSPS) is 13.8. The molecule has 0 bridgehead atoms. The number of carbonyl (C=O) groups is 1. The zero-order valence-electron chi connectivity index (χ0n) is 17.4. The molecule has 4 aromatic rings. The van der Waals surface area contributed by atoms with Crippen LogP contribution in [0.3, 0.4) is 0 Å². The highest BCUT2D eigenvalue weighted by atomic mass is 32.1. The first-order chi connectivity index (χ1) is 15.8. The summed E-state index contributed by atoms with van der Waals surface area (Å²) >= 11 is 1.68. The molecule has 3 aromatic heterocycles. The van der Waals surface area contributed by atoms with Crippen molar-refractivity contribution in [2.45, 2.75) is 0 Å². The number of pyridine rings is 1. The first-order valence-electron chi connectivity index (χ1n) is 10.4. The van der Waals surface area contributed by atoms with Gasteiger partial charge in [-0.1, -0.05) is 24.3 Å². The van der Waals surface area contributed by atoms with Gasteiger partial charge < -0.3 is 15.1 Å². The van der Waals surface area contributed by atoms with E-state index in [1.165, 1.54) is 4.88 Å². The first kappa shape index (κ1) is 20.1. The fraction of sp³-hybridized carbons (Fsp3) is 0.167. The van der Waals surface area contributed by atoms with Crippen LogP contribution in [0.1, 0.15) is 10.4 Å². The second kappa shape index (κ2) is 9.15. The maximum Gasteiger partial charge on any atom is 0.255 e. The monoisotopic (exact) mass is 442 g/mol. The molecular weight excluding hydrogens is 420 g/mol. The maximum absolute atomic E-state index is 12.6. The molecule has 1 N–H and O–H groups in total. The lowest BCUT2D eigenvalue weighted by Crippen LogP contribution is -2.47. The van der Waals surface area contributed by atoms with Crippen LogP contribution in [0.25, 0.3) is 10.4 Å². The Kier molecular flexibility index (Phi) is 5.76. The second-order valence-corrected chi connectivity index (χ2v) is 8.39. The van der Waals surface area contributed by atoms with Crippen LogP contribution in [-0.2, 0) is 0 Å². The maximum atomic E-state index is 12.6. The van der Waals surface area contributed by atoms with Crippen molar-refractivity contribution in [3.05, 3.63) is 84.1 Å². The number of nitrogens with zero attached hydrogens (tertiary/aromatic N) is 5. The van der Waals surface area contributed by atoms with Crippen LogP contribution in [0, 0.1) is 0 Å². The predicted octanol–water partition coefficient (Wildman–Crippen LogP) is 4.18. The zero-order valence-corrected chi connectivity index (χ0v) is 18.2. The molecule has 1 aliphatic rings. The molecule has 7 nitrogen and oxygen atoms in total. The molecule has 0 unspecified atom stereocenters. The number of benzene rings is 1.